The number of quaternary nitrogens is 1. The highest BCUT2D eigenvalue weighted by Gasteiger charge is 2.13. The van der Waals surface area contributed by atoms with E-state index in [4.69, 9.17) is 0 Å². The van der Waals surface area contributed by atoms with Crippen LogP contribution in [0.1, 0.15) is 6.92 Å². The highest BCUT2D eigenvalue weighted by atomic mass is 31.2. The molecule has 68 valence electrons. The SMILES string of the molecule is CC[N+](C)(C)COP(C)(=O)[O-]. The van der Waals surface area contributed by atoms with Gasteiger partial charge in [0, 0.05) is 6.66 Å². The maximum Gasteiger partial charge on any atom is 0.188 e. The van der Waals surface area contributed by atoms with Crippen LogP contribution in [0.4, 0.5) is 0 Å². The predicted octanol–water partition coefficient (Wildman–Crippen LogP) is 0.240. The van der Waals surface area contributed by atoms with Gasteiger partial charge < -0.3 is 13.9 Å². The van der Waals surface area contributed by atoms with E-state index >= 15 is 0 Å². The Balaban J connectivity index is 3.80. The Morgan fingerprint density at radius 3 is 2.27 bits per heavy atom. The fraction of sp³-hybridized carbons (Fsp3) is 1.00. The molecule has 0 aromatic heterocycles. The van der Waals surface area contributed by atoms with E-state index in [2.05, 4.69) is 4.52 Å². The van der Waals surface area contributed by atoms with Gasteiger partial charge in [0.15, 0.2) is 6.73 Å². The molecule has 0 heterocycles. The zero-order valence-electron chi connectivity index (χ0n) is 7.53. The average Bonchev–Trinajstić information content (AvgIpc) is 1.83. The monoisotopic (exact) mass is 181 g/mol. The maximum absolute atomic E-state index is 10.6. The van der Waals surface area contributed by atoms with E-state index in [0.717, 1.165) is 13.2 Å². The third-order valence-electron chi connectivity index (χ3n) is 1.50. The summed E-state index contributed by atoms with van der Waals surface area (Å²) >= 11 is 0. The quantitative estimate of drug-likeness (QED) is 0.354. The molecule has 0 fully saturated rings. The Bertz CT molecular complexity index is 163. The smallest absolute Gasteiger partial charge is 0.188 e. The third-order valence-corrected chi connectivity index (χ3v) is 2.08. The number of hydrogen-bond acceptors (Lipinski definition) is 3. The molecular formula is C6H16NO3P. The molecule has 1 unspecified atom stereocenters. The van der Waals surface area contributed by atoms with Gasteiger partial charge in [0.1, 0.15) is 7.60 Å². The van der Waals surface area contributed by atoms with E-state index in [1.807, 2.05) is 21.0 Å². The number of nitrogens with zero attached hydrogens (tertiary/aromatic N) is 1. The summed E-state index contributed by atoms with van der Waals surface area (Å²) in [5, 5.41) is 0. The van der Waals surface area contributed by atoms with Crippen LogP contribution in [0.25, 0.3) is 0 Å². The molecule has 0 saturated heterocycles. The minimum absolute atomic E-state index is 0.216. The first-order valence-electron chi connectivity index (χ1n) is 3.52. The summed E-state index contributed by atoms with van der Waals surface area (Å²) in [4.78, 5) is 10.6. The van der Waals surface area contributed by atoms with Gasteiger partial charge in [0.05, 0.1) is 20.6 Å². The van der Waals surface area contributed by atoms with Crippen LogP contribution in [0.3, 0.4) is 0 Å². The molecular weight excluding hydrogens is 165 g/mol. The van der Waals surface area contributed by atoms with E-state index in [9.17, 15) is 9.46 Å². The van der Waals surface area contributed by atoms with Crippen molar-refractivity contribution in [1.29, 1.82) is 0 Å². The van der Waals surface area contributed by atoms with Gasteiger partial charge in [-0.15, -0.1) is 0 Å². The molecule has 11 heavy (non-hydrogen) atoms. The summed E-state index contributed by atoms with van der Waals surface area (Å²) in [6.45, 7) is 4.13. The fourth-order valence-electron chi connectivity index (χ4n) is 0.352. The van der Waals surface area contributed by atoms with Crippen LogP contribution in [-0.2, 0) is 9.09 Å². The molecule has 0 aliphatic rings. The van der Waals surface area contributed by atoms with Gasteiger partial charge in [-0.25, -0.2) is 0 Å². The lowest BCUT2D eigenvalue weighted by atomic mass is 10.6. The summed E-state index contributed by atoms with van der Waals surface area (Å²) in [6, 6.07) is 0. The first-order valence-corrected chi connectivity index (χ1v) is 5.51. The summed E-state index contributed by atoms with van der Waals surface area (Å²) < 4.78 is 15.8. The van der Waals surface area contributed by atoms with Crippen LogP contribution in [0.5, 0.6) is 0 Å². The van der Waals surface area contributed by atoms with Gasteiger partial charge in [-0.05, 0) is 6.92 Å². The zero-order valence-corrected chi connectivity index (χ0v) is 8.43. The molecule has 0 spiro atoms. The first kappa shape index (κ1) is 11.1. The van der Waals surface area contributed by atoms with Crippen LogP contribution in [0.15, 0.2) is 0 Å². The molecule has 0 rings (SSSR count). The van der Waals surface area contributed by atoms with Gasteiger partial charge in [-0.3, -0.25) is 4.52 Å². The second-order valence-corrected chi connectivity index (χ2v) is 5.08. The van der Waals surface area contributed by atoms with Crippen LogP contribution < -0.4 is 4.89 Å². The van der Waals surface area contributed by atoms with Crippen molar-refractivity contribution >= 4 is 7.60 Å². The molecule has 1 atom stereocenters. The molecule has 0 aromatic rings. The second-order valence-electron chi connectivity index (χ2n) is 3.28. The maximum atomic E-state index is 10.6. The van der Waals surface area contributed by atoms with E-state index in [1.165, 1.54) is 0 Å². The lowest BCUT2D eigenvalue weighted by Gasteiger charge is -2.30. The highest BCUT2D eigenvalue weighted by Crippen LogP contribution is 2.31. The van der Waals surface area contributed by atoms with Crippen molar-refractivity contribution in [3.05, 3.63) is 0 Å². The summed E-state index contributed by atoms with van der Waals surface area (Å²) in [7, 11) is 0.284. The van der Waals surface area contributed by atoms with Crippen LogP contribution in [-0.4, -0.2) is 38.5 Å². The van der Waals surface area contributed by atoms with Gasteiger partial charge in [0.2, 0.25) is 0 Å². The Kier molecular flexibility index (Phi) is 3.71. The topological polar surface area (TPSA) is 49.4 Å². The molecule has 0 aliphatic carbocycles. The van der Waals surface area contributed by atoms with Crippen molar-refractivity contribution in [3.8, 4) is 0 Å². The van der Waals surface area contributed by atoms with Crippen molar-refractivity contribution in [3.63, 3.8) is 0 Å². The van der Waals surface area contributed by atoms with Crippen molar-refractivity contribution in [2.75, 3.05) is 34.0 Å². The molecule has 0 aliphatic heterocycles. The van der Waals surface area contributed by atoms with Crippen molar-refractivity contribution < 1.29 is 18.5 Å². The first-order chi connectivity index (χ1) is 4.77. The minimum Gasteiger partial charge on any atom is -0.779 e. The van der Waals surface area contributed by atoms with E-state index in [0.29, 0.717) is 4.48 Å². The third kappa shape index (κ3) is 6.51. The van der Waals surface area contributed by atoms with Gasteiger partial charge >= 0.3 is 0 Å². The Morgan fingerprint density at radius 2 is 2.00 bits per heavy atom. The number of hydrogen-bond donors (Lipinski definition) is 0. The molecule has 0 saturated carbocycles. The summed E-state index contributed by atoms with van der Waals surface area (Å²) in [6.07, 6.45) is 0. The number of rotatable bonds is 4. The van der Waals surface area contributed by atoms with Crippen molar-refractivity contribution in [2.24, 2.45) is 0 Å². The van der Waals surface area contributed by atoms with Crippen LogP contribution in [0, 0.1) is 0 Å². The fourth-order valence-corrected chi connectivity index (χ4v) is 0.875. The molecule has 0 radical (unpaired) electrons. The second kappa shape index (κ2) is 3.68. The standard InChI is InChI=1S/C6H16NO3P/c1-5-7(2,3)6-10-11(4,8)9/h5-6H2,1-4H3. The van der Waals surface area contributed by atoms with E-state index < -0.39 is 7.60 Å². The molecule has 5 heteroatoms. The largest absolute Gasteiger partial charge is 0.779 e. The molecule has 0 N–H and O–H groups in total. The predicted molar refractivity (Wildman–Crippen MR) is 42.1 cm³/mol. The van der Waals surface area contributed by atoms with Gasteiger partial charge in [0.25, 0.3) is 0 Å². The van der Waals surface area contributed by atoms with Crippen LogP contribution >= 0.6 is 7.60 Å². The minimum atomic E-state index is -3.54. The highest BCUT2D eigenvalue weighted by molar-refractivity contribution is 7.50. The molecule has 4 nitrogen and oxygen atoms in total. The molecule has 0 bridgehead atoms. The molecule has 0 aromatic carbocycles. The average molecular weight is 181 g/mol. The van der Waals surface area contributed by atoms with Crippen molar-refractivity contribution in [2.45, 2.75) is 6.92 Å². The van der Waals surface area contributed by atoms with Gasteiger partial charge in [-0.1, -0.05) is 0 Å². The Labute approximate surface area is 67.9 Å². The summed E-state index contributed by atoms with van der Waals surface area (Å²) in [5.41, 5.74) is 0. The zero-order chi connectivity index (χ0) is 9.12. The summed E-state index contributed by atoms with van der Waals surface area (Å²) in [5.74, 6) is 0. The van der Waals surface area contributed by atoms with Crippen molar-refractivity contribution in [1.82, 2.24) is 0 Å². The van der Waals surface area contributed by atoms with Gasteiger partial charge in [-0.2, -0.15) is 0 Å². The molecule has 0 amide bonds. The lowest BCUT2D eigenvalue weighted by molar-refractivity contribution is -0.904. The Morgan fingerprint density at radius 1 is 1.55 bits per heavy atom. The van der Waals surface area contributed by atoms with E-state index in [-0.39, 0.29) is 6.73 Å². The van der Waals surface area contributed by atoms with Crippen LogP contribution in [0.2, 0.25) is 0 Å². The normalized spacial score (nSPS) is 17.9. The van der Waals surface area contributed by atoms with E-state index in [1.54, 1.807) is 0 Å². The Hall–Kier alpha value is 0.110. The lowest BCUT2D eigenvalue weighted by Crippen LogP contribution is -2.41.